The number of carbonyl (C=O) groups excluding carboxylic acids is 1. The lowest BCUT2D eigenvalue weighted by Gasteiger charge is -2.27. The Morgan fingerprint density at radius 1 is 1.26 bits per heavy atom. The van der Waals surface area contributed by atoms with Gasteiger partial charge in [-0.2, -0.15) is 0 Å². The Kier molecular flexibility index (Phi) is 7.66. The number of rotatable bonds is 8. The fourth-order valence-corrected chi connectivity index (χ4v) is 5.22. The van der Waals surface area contributed by atoms with E-state index in [9.17, 15) is 14.9 Å². The number of non-ortho nitro benzene ring substituents is 1. The maximum absolute atomic E-state index is 13.3. The van der Waals surface area contributed by atoms with E-state index in [0.717, 1.165) is 60.6 Å². The van der Waals surface area contributed by atoms with Crippen molar-refractivity contribution in [3.05, 3.63) is 69.3 Å². The predicted molar refractivity (Wildman–Crippen MR) is 135 cm³/mol. The van der Waals surface area contributed by atoms with E-state index in [1.807, 2.05) is 6.92 Å². The Labute approximate surface area is 202 Å². The average molecular weight is 481 g/mol. The summed E-state index contributed by atoms with van der Waals surface area (Å²) in [5, 5.41) is 11.7. The molecule has 0 saturated carbocycles. The molecular weight excluding hydrogens is 452 g/mol. The molecule has 0 aliphatic carbocycles. The molecule has 1 saturated heterocycles. The number of nitro groups is 1. The van der Waals surface area contributed by atoms with Crippen LogP contribution < -0.4 is 4.90 Å². The molecular formula is C25H28N4O4S. The van der Waals surface area contributed by atoms with Crippen LogP contribution in [0.15, 0.2) is 42.5 Å². The Bertz CT molecular complexity index is 1220. The van der Waals surface area contributed by atoms with Gasteiger partial charge in [0.05, 0.1) is 28.4 Å². The monoisotopic (exact) mass is 480 g/mol. The van der Waals surface area contributed by atoms with Gasteiger partial charge in [-0.25, -0.2) is 4.98 Å². The van der Waals surface area contributed by atoms with Gasteiger partial charge in [0.1, 0.15) is 0 Å². The number of carbonyl (C=O) groups is 1. The second kappa shape index (κ2) is 10.9. The van der Waals surface area contributed by atoms with E-state index in [4.69, 9.17) is 9.72 Å². The first kappa shape index (κ1) is 24.0. The van der Waals surface area contributed by atoms with Crippen molar-refractivity contribution in [1.29, 1.82) is 0 Å². The number of nitro benzene ring substituents is 1. The van der Waals surface area contributed by atoms with E-state index < -0.39 is 4.92 Å². The number of aryl methyl sites for hydroxylation is 2. The molecule has 9 heteroatoms. The van der Waals surface area contributed by atoms with E-state index in [2.05, 4.69) is 24.0 Å². The maximum atomic E-state index is 13.3. The number of amides is 1. The summed E-state index contributed by atoms with van der Waals surface area (Å²) in [6.45, 7) is 8.79. The van der Waals surface area contributed by atoms with Gasteiger partial charge in [0.25, 0.3) is 11.6 Å². The highest BCUT2D eigenvalue weighted by Crippen LogP contribution is 2.32. The second-order valence-corrected chi connectivity index (χ2v) is 9.42. The van der Waals surface area contributed by atoms with Crippen molar-refractivity contribution >= 4 is 44.4 Å². The minimum Gasteiger partial charge on any atom is -0.379 e. The number of thiazole rings is 1. The Morgan fingerprint density at radius 3 is 2.82 bits per heavy atom. The van der Waals surface area contributed by atoms with Gasteiger partial charge >= 0.3 is 0 Å². The smallest absolute Gasteiger partial charge is 0.270 e. The van der Waals surface area contributed by atoms with Crippen LogP contribution in [0.2, 0.25) is 0 Å². The third kappa shape index (κ3) is 5.85. The van der Waals surface area contributed by atoms with Crippen molar-refractivity contribution in [1.82, 2.24) is 9.88 Å². The summed E-state index contributed by atoms with van der Waals surface area (Å²) in [4.78, 5) is 32.8. The van der Waals surface area contributed by atoms with Gasteiger partial charge in [0.15, 0.2) is 5.13 Å². The summed E-state index contributed by atoms with van der Waals surface area (Å²) in [6, 6.07) is 10.4. The second-order valence-electron chi connectivity index (χ2n) is 8.41. The molecule has 0 unspecified atom stereocenters. The van der Waals surface area contributed by atoms with Crippen molar-refractivity contribution in [2.24, 2.45) is 0 Å². The minimum absolute atomic E-state index is 0.00557. The summed E-state index contributed by atoms with van der Waals surface area (Å²) < 4.78 is 6.48. The lowest BCUT2D eigenvalue weighted by molar-refractivity contribution is -0.384. The summed E-state index contributed by atoms with van der Waals surface area (Å²) in [5.74, 6) is -0.193. The van der Waals surface area contributed by atoms with Crippen LogP contribution in [0.4, 0.5) is 10.8 Å². The first-order valence-electron chi connectivity index (χ1n) is 11.3. The number of hydrogen-bond donors (Lipinski definition) is 0. The Hall–Kier alpha value is -3.14. The molecule has 0 atom stereocenters. The molecule has 1 aliphatic rings. The highest BCUT2D eigenvalue weighted by molar-refractivity contribution is 7.22. The normalized spacial score (nSPS) is 14.6. The summed E-state index contributed by atoms with van der Waals surface area (Å²) >= 11 is 1.51. The van der Waals surface area contributed by atoms with Crippen LogP contribution in [-0.4, -0.2) is 60.1 Å². The topological polar surface area (TPSA) is 88.8 Å². The lowest BCUT2D eigenvalue weighted by atomic mass is 10.1. The molecule has 2 aromatic carbocycles. The molecule has 1 aromatic heterocycles. The van der Waals surface area contributed by atoms with Gasteiger partial charge in [-0.15, -0.1) is 0 Å². The van der Waals surface area contributed by atoms with Gasteiger partial charge in [-0.05, 0) is 49.1 Å². The maximum Gasteiger partial charge on any atom is 0.270 e. The number of benzene rings is 2. The largest absolute Gasteiger partial charge is 0.379 e. The number of hydrogen-bond acceptors (Lipinski definition) is 7. The zero-order valence-electron chi connectivity index (χ0n) is 19.4. The first-order valence-corrected chi connectivity index (χ1v) is 12.1. The zero-order valence-corrected chi connectivity index (χ0v) is 20.2. The van der Waals surface area contributed by atoms with Crippen LogP contribution in [0.5, 0.6) is 0 Å². The molecule has 4 rings (SSSR count). The van der Waals surface area contributed by atoms with Crippen molar-refractivity contribution in [2.45, 2.75) is 20.3 Å². The molecule has 34 heavy (non-hydrogen) atoms. The molecule has 8 nitrogen and oxygen atoms in total. The third-order valence-corrected chi connectivity index (χ3v) is 6.80. The Balaban J connectivity index is 1.56. The van der Waals surface area contributed by atoms with Crippen LogP contribution in [-0.2, 0) is 9.53 Å². The average Bonchev–Trinajstić information content (AvgIpc) is 3.25. The van der Waals surface area contributed by atoms with Crippen LogP contribution in [0.25, 0.3) is 16.3 Å². The van der Waals surface area contributed by atoms with Gasteiger partial charge < -0.3 is 4.74 Å². The fraction of sp³-hybridized carbons (Fsp3) is 0.360. The SMILES string of the molecule is Cc1cc(C)c2nc(N(CCCN3CCOCC3)C(=O)/C=C/c3cccc([N+](=O)[O-])c3)sc2c1. The quantitative estimate of drug-likeness (QED) is 0.266. The van der Waals surface area contributed by atoms with Crippen LogP contribution in [0.1, 0.15) is 23.1 Å². The Morgan fingerprint density at radius 2 is 2.06 bits per heavy atom. The predicted octanol–water partition coefficient (Wildman–Crippen LogP) is 4.59. The molecule has 2 heterocycles. The molecule has 1 fully saturated rings. The van der Waals surface area contributed by atoms with Crippen LogP contribution in [0.3, 0.4) is 0 Å². The lowest BCUT2D eigenvalue weighted by Crippen LogP contribution is -2.39. The minimum atomic E-state index is -0.442. The fourth-order valence-electron chi connectivity index (χ4n) is 4.05. The molecule has 1 aliphatic heterocycles. The van der Waals surface area contributed by atoms with E-state index in [0.29, 0.717) is 17.2 Å². The summed E-state index contributed by atoms with van der Waals surface area (Å²) in [5.41, 5.74) is 3.76. The standard InChI is InChI=1S/C25H28N4O4S/c1-18-15-19(2)24-22(16-18)34-25(26-24)28(10-4-9-27-11-13-33-14-12-27)23(30)8-7-20-5-3-6-21(17-20)29(31)32/h3,5-8,15-17H,4,9-14H2,1-2H3/b8-7+. The van der Waals surface area contributed by atoms with Gasteiger partial charge in [0.2, 0.25) is 0 Å². The van der Waals surface area contributed by atoms with Gasteiger partial charge in [0, 0.05) is 44.4 Å². The van der Waals surface area contributed by atoms with Crippen molar-refractivity contribution in [3.8, 4) is 0 Å². The number of anilines is 1. The van der Waals surface area contributed by atoms with E-state index >= 15 is 0 Å². The number of morpholine rings is 1. The molecule has 3 aromatic rings. The highest BCUT2D eigenvalue weighted by Gasteiger charge is 2.20. The van der Waals surface area contributed by atoms with E-state index in [1.54, 1.807) is 23.1 Å². The number of fused-ring (bicyclic) bond motifs is 1. The van der Waals surface area contributed by atoms with E-state index in [1.165, 1.54) is 29.5 Å². The highest BCUT2D eigenvalue weighted by atomic mass is 32.1. The van der Waals surface area contributed by atoms with Crippen LogP contribution >= 0.6 is 11.3 Å². The number of ether oxygens (including phenoxy) is 1. The van der Waals surface area contributed by atoms with Crippen LogP contribution in [0, 0.1) is 24.0 Å². The molecule has 0 radical (unpaired) electrons. The van der Waals surface area contributed by atoms with E-state index in [-0.39, 0.29) is 11.6 Å². The van der Waals surface area contributed by atoms with Crippen molar-refractivity contribution in [2.75, 3.05) is 44.3 Å². The molecule has 1 amide bonds. The summed E-state index contributed by atoms with van der Waals surface area (Å²) in [6.07, 6.45) is 3.90. The van der Waals surface area contributed by atoms with Crippen molar-refractivity contribution in [3.63, 3.8) is 0 Å². The molecule has 178 valence electrons. The number of aromatic nitrogens is 1. The zero-order chi connectivity index (χ0) is 24.1. The number of nitrogens with zero attached hydrogens (tertiary/aromatic N) is 4. The van der Waals surface area contributed by atoms with Crippen molar-refractivity contribution < 1.29 is 14.5 Å². The van der Waals surface area contributed by atoms with Gasteiger partial charge in [-0.3, -0.25) is 24.7 Å². The van der Waals surface area contributed by atoms with Gasteiger partial charge in [-0.1, -0.05) is 29.5 Å². The molecule has 0 bridgehead atoms. The molecule has 0 spiro atoms. The first-order chi connectivity index (χ1) is 16.4. The summed E-state index contributed by atoms with van der Waals surface area (Å²) in [7, 11) is 0. The third-order valence-electron chi connectivity index (χ3n) is 5.77. The molecule has 0 N–H and O–H groups in total.